The molecule has 8 heteroatoms. The van der Waals surface area contributed by atoms with E-state index in [1.807, 2.05) is 19.9 Å². The molecule has 0 bridgehead atoms. The average Bonchev–Trinajstić information content (AvgIpc) is 3.06. The van der Waals surface area contributed by atoms with Crippen LogP contribution >= 0.6 is 0 Å². The number of anilines is 2. The molecule has 3 aromatic rings. The number of carbonyl (C=O) groups excluding carboxylic acids is 2. The zero-order valence-electron chi connectivity index (χ0n) is 19.0. The highest BCUT2D eigenvalue weighted by Crippen LogP contribution is 2.36. The second kappa shape index (κ2) is 8.97. The molecule has 0 radical (unpaired) electrons. The molecule has 0 aromatic heterocycles. The number of nitrogens with one attached hydrogen (secondary N) is 1. The van der Waals surface area contributed by atoms with Gasteiger partial charge in [-0.3, -0.25) is 9.59 Å². The van der Waals surface area contributed by atoms with Gasteiger partial charge in [-0.2, -0.15) is 0 Å². The number of methoxy groups -OCH3 is 2. The lowest BCUT2D eigenvalue weighted by molar-refractivity contribution is -0.120. The predicted molar refractivity (Wildman–Crippen MR) is 125 cm³/mol. The Kier molecular flexibility index (Phi) is 6.06. The molecule has 4 rings (SSSR count). The second-order valence-electron chi connectivity index (χ2n) is 7.82. The summed E-state index contributed by atoms with van der Waals surface area (Å²) in [5.41, 5.74) is 2.29. The maximum absolute atomic E-state index is 14.6. The van der Waals surface area contributed by atoms with Crippen LogP contribution in [0.2, 0.25) is 0 Å². The van der Waals surface area contributed by atoms with Crippen molar-refractivity contribution in [2.24, 2.45) is 0 Å². The van der Waals surface area contributed by atoms with Crippen LogP contribution in [0.4, 0.5) is 20.2 Å². The van der Waals surface area contributed by atoms with Gasteiger partial charge in [-0.25, -0.2) is 13.7 Å². The molecule has 2 amide bonds. The molecule has 6 nitrogen and oxygen atoms in total. The molecule has 0 aliphatic carbocycles. The zero-order valence-corrected chi connectivity index (χ0v) is 19.0. The third kappa shape index (κ3) is 4.10. The number of hydrogen-bond acceptors (Lipinski definition) is 5. The summed E-state index contributed by atoms with van der Waals surface area (Å²) in [5, 5.41) is 2.98. The number of amides is 2. The molecule has 1 aliphatic rings. The molecule has 0 fully saturated rings. The van der Waals surface area contributed by atoms with Crippen LogP contribution in [0.15, 0.2) is 60.3 Å². The van der Waals surface area contributed by atoms with Gasteiger partial charge in [0.05, 0.1) is 25.5 Å². The molecule has 3 aromatic carbocycles. The first kappa shape index (κ1) is 23.0. The van der Waals surface area contributed by atoms with Crippen molar-refractivity contribution in [2.75, 3.05) is 24.4 Å². The molecule has 174 valence electrons. The monoisotopic (exact) mass is 464 g/mol. The van der Waals surface area contributed by atoms with Gasteiger partial charge < -0.3 is 14.8 Å². The van der Waals surface area contributed by atoms with Crippen LogP contribution in [0.1, 0.15) is 16.7 Å². The Bertz CT molecular complexity index is 1330. The summed E-state index contributed by atoms with van der Waals surface area (Å²) in [6.45, 7) is 3.80. The molecule has 1 heterocycles. The summed E-state index contributed by atoms with van der Waals surface area (Å²) in [7, 11) is 2.97. The first-order valence-electron chi connectivity index (χ1n) is 10.4. The maximum Gasteiger partial charge on any atom is 0.282 e. The van der Waals surface area contributed by atoms with E-state index in [9.17, 15) is 18.4 Å². The highest BCUT2D eigenvalue weighted by Gasteiger charge is 2.41. The Morgan fingerprint density at radius 2 is 1.47 bits per heavy atom. The van der Waals surface area contributed by atoms with Crippen LogP contribution < -0.4 is 19.7 Å². The maximum atomic E-state index is 14.6. The van der Waals surface area contributed by atoms with Gasteiger partial charge in [-0.1, -0.05) is 18.2 Å². The van der Waals surface area contributed by atoms with Crippen molar-refractivity contribution >= 4 is 28.8 Å². The summed E-state index contributed by atoms with van der Waals surface area (Å²) < 4.78 is 39.1. The minimum atomic E-state index is -0.896. The van der Waals surface area contributed by atoms with E-state index in [0.29, 0.717) is 27.6 Å². The van der Waals surface area contributed by atoms with Gasteiger partial charge in [0.15, 0.2) is 0 Å². The number of carbonyl (C=O) groups is 2. The Balaban J connectivity index is 1.88. The number of rotatable bonds is 6. The van der Waals surface area contributed by atoms with Crippen molar-refractivity contribution in [3.63, 3.8) is 0 Å². The number of ether oxygens (including phenoxy) is 2. The molecule has 1 aliphatic heterocycles. The molecule has 0 saturated carbocycles. The Morgan fingerprint density at radius 3 is 2.09 bits per heavy atom. The lowest BCUT2D eigenvalue weighted by atomic mass is 9.99. The van der Waals surface area contributed by atoms with Crippen molar-refractivity contribution in [2.45, 2.75) is 13.8 Å². The number of halogens is 2. The van der Waals surface area contributed by atoms with Gasteiger partial charge in [-0.05, 0) is 42.7 Å². The zero-order chi connectivity index (χ0) is 24.6. The molecule has 34 heavy (non-hydrogen) atoms. The van der Waals surface area contributed by atoms with E-state index < -0.39 is 29.1 Å². The van der Waals surface area contributed by atoms with E-state index in [1.165, 1.54) is 14.2 Å². The van der Waals surface area contributed by atoms with Gasteiger partial charge >= 0.3 is 0 Å². The Labute approximate surface area is 195 Å². The van der Waals surface area contributed by atoms with Gasteiger partial charge in [-0.15, -0.1) is 0 Å². The third-order valence-electron chi connectivity index (χ3n) is 5.65. The predicted octanol–water partition coefficient (Wildman–Crippen LogP) is 5.00. The molecule has 0 spiro atoms. The van der Waals surface area contributed by atoms with E-state index in [0.717, 1.165) is 29.3 Å². The van der Waals surface area contributed by atoms with E-state index in [1.54, 1.807) is 30.3 Å². The van der Waals surface area contributed by atoms with Gasteiger partial charge in [0.2, 0.25) is 0 Å². The quantitative estimate of drug-likeness (QED) is 0.521. The van der Waals surface area contributed by atoms with E-state index in [-0.39, 0.29) is 11.3 Å². The number of hydrogen-bond donors (Lipinski definition) is 1. The molecular formula is C26H22F2N2O4. The average molecular weight is 464 g/mol. The Hall–Kier alpha value is -4.20. The minimum absolute atomic E-state index is 0.0403. The third-order valence-corrected chi connectivity index (χ3v) is 5.65. The summed E-state index contributed by atoms with van der Waals surface area (Å²) in [6, 6.07) is 12.8. The normalized spacial score (nSPS) is 13.5. The molecular weight excluding hydrogens is 442 g/mol. The van der Waals surface area contributed by atoms with Crippen LogP contribution in [0.25, 0.3) is 5.57 Å². The summed E-state index contributed by atoms with van der Waals surface area (Å²) in [4.78, 5) is 27.6. The summed E-state index contributed by atoms with van der Waals surface area (Å²) >= 11 is 0. The van der Waals surface area contributed by atoms with Crippen LogP contribution in [0.5, 0.6) is 11.5 Å². The highest BCUT2D eigenvalue weighted by atomic mass is 19.1. The van der Waals surface area contributed by atoms with Crippen LogP contribution in [-0.4, -0.2) is 26.0 Å². The molecule has 0 atom stereocenters. The first-order chi connectivity index (χ1) is 16.2. The Morgan fingerprint density at radius 1 is 0.794 bits per heavy atom. The van der Waals surface area contributed by atoms with E-state index >= 15 is 0 Å². The fourth-order valence-corrected chi connectivity index (χ4v) is 3.71. The van der Waals surface area contributed by atoms with Gasteiger partial charge in [0, 0.05) is 30.0 Å². The molecule has 0 unspecified atom stereocenters. The van der Waals surface area contributed by atoms with Crippen molar-refractivity contribution in [3.8, 4) is 11.5 Å². The fourth-order valence-electron chi connectivity index (χ4n) is 3.71. The van der Waals surface area contributed by atoms with Crippen molar-refractivity contribution in [1.82, 2.24) is 0 Å². The summed E-state index contributed by atoms with van der Waals surface area (Å²) in [5.74, 6) is -2.34. The first-order valence-corrected chi connectivity index (χ1v) is 10.4. The SMILES string of the molecule is COc1cc(NC2=C(c3ccc(C)c(C)c3)C(=O)N(c3cc(F)ccc3F)C2=O)cc(OC)c1. The number of nitrogens with zero attached hydrogens (tertiary/aromatic N) is 1. The number of aryl methyl sites for hydroxylation is 2. The minimum Gasteiger partial charge on any atom is -0.497 e. The standard InChI is InChI=1S/C26H22F2N2O4/c1-14-5-6-16(9-15(14)2)23-24(29-18-11-19(33-3)13-20(12-18)34-4)26(32)30(25(23)31)22-10-17(27)7-8-21(22)28/h5-13,29H,1-4H3. The lowest BCUT2D eigenvalue weighted by Crippen LogP contribution is -2.33. The summed E-state index contributed by atoms with van der Waals surface area (Å²) in [6.07, 6.45) is 0. The largest absolute Gasteiger partial charge is 0.497 e. The lowest BCUT2D eigenvalue weighted by Gasteiger charge is -2.16. The van der Waals surface area contributed by atoms with E-state index in [2.05, 4.69) is 5.32 Å². The molecule has 1 N–H and O–H groups in total. The van der Waals surface area contributed by atoms with Crippen molar-refractivity contribution in [1.29, 1.82) is 0 Å². The van der Waals surface area contributed by atoms with Crippen molar-refractivity contribution < 1.29 is 27.8 Å². The van der Waals surface area contributed by atoms with Crippen LogP contribution in [-0.2, 0) is 9.59 Å². The van der Waals surface area contributed by atoms with E-state index in [4.69, 9.17) is 9.47 Å². The van der Waals surface area contributed by atoms with Crippen LogP contribution in [0.3, 0.4) is 0 Å². The highest BCUT2D eigenvalue weighted by molar-refractivity contribution is 6.46. The van der Waals surface area contributed by atoms with Gasteiger partial charge in [0.25, 0.3) is 11.8 Å². The van der Waals surface area contributed by atoms with Gasteiger partial charge in [0.1, 0.15) is 28.8 Å². The molecule has 0 saturated heterocycles. The van der Waals surface area contributed by atoms with Crippen LogP contribution in [0, 0.1) is 25.5 Å². The second-order valence-corrected chi connectivity index (χ2v) is 7.82. The topological polar surface area (TPSA) is 67.9 Å². The number of imide groups is 1. The number of benzene rings is 3. The van der Waals surface area contributed by atoms with Crippen molar-refractivity contribution in [3.05, 3.63) is 88.6 Å². The fraction of sp³-hybridized carbons (Fsp3) is 0.154. The smallest absolute Gasteiger partial charge is 0.282 e.